The largest absolute Gasteiger partial charge is 0.462 e. The molecule has 25 heavy (non-hydrogen) atoms. The highest BCUT2D eigenvalue weighted by molar-refractivity contribution is 7.91. The van der Waals surface area contributed by atoms with Gasteiger partial charge in [0.1, 0.15) is 6.10 Å². The predicted octanol–water partition coefficient (Wildman–Crippen LogP) is 2.71. The Bertz CT molecular complexity index is 823. The van der Waals surface area contributed by atoms with Crippen LogP contribution in [-0.2, 0) is 24.2 Å². The van der Waals surface area contributed by atoms with Gasteiger partial charge >= 0.3 is 5.97 Å². The van der Waals surface area contributed by atoms with E-state index >= 15 is 0 Å². The van der Waals surface area contributed by atoms with Crippen LogP contribution in [0.3, 0.4) is 0 Å². The van der Waals surface area contributed by atoms with Gasteiger partial charge in [-0.3, -0.25) is 9.59 Å². The van der Waals surface area contributed by atoms with E-state index in [1.807, 2.05) is 6.92 Å². The number of rotatable bonds is 4. The van der Waals surface area contributed by atoms with E-state index in [1.165, 1.54) is 6.92 Å². The van der Waals surface area contributed by atoms with E-state index in [4.69, 9.17) is 4.74 Å². The number of hydrogen-bond acceptors (Lipinski definition) is 5. The lowest BCUT2D eigenvalue weighted by molar-refractivity contribution is -0.148. The van der Waals surface area contributed by atoms with Gasteiger partial charge in [0.2, 0.25) is 0 Å². The van der Waals surface area contributed by atoms with Gasteiger partial charge < -0.3 is 4.74 Å². The Kier molecular flexibility index (Phi) is 4.82. The topological polar surface area (TPSA) is 77.5 Å². The molecule has 134 valence electrons. The number of carbonyl (C=O) groups excluding carboxylic acids is 2. The summed E-state index contributed by atoms with van der Waals surface area (Å²) in [5, 5.41) is 0. The van der Waals surface area contributed by atoms with Crippen molar-refractivity contribution in [3.8, 4) is 0 Å². The van der Waals surface area contributed by atoms with Gasteiger partial charge in [-0.05, 0) is 30.9 Å². The maximum absolute atomic E-state index is 12.7. The minimum atomic E-state index is -3.58. The van der Waals surface area contributed by atoms with Crippen molar-refractivity contribution in [2.24, 2.45) is 11.8 Å². The van der Waals surface area contributed by atoms with Gasteiger partial charge in [0.05, 0.1) is 10.6 Å². The second-order valence-electron chi connectivity index (χ2n) is 6.89. The zero-order chi connectivity index (χ0) is 18.2. The number of sulfone groups is 1. The highest BCUT2D eigenvalue weighted by Crippen LogP contribution is 2.45. The maximum Gasteiger partial charge on any atom is 0.302 e. The first-order chi connectivity index (χ1) is 11.8. The van der Waals surface area contributed by atoms with Gasteiger partial charge in [0.25, 0.3) is 0 Å². The van der Waals surface area contributed by atoms with Crippen molar-refractivity contribution in [1.82, 2.24) is 0 Å². The standard InChI is InChI=1S/C19H22O5S/c1-12-10-17(21)16(11-25(22,23)14-6-4-3-5-7-14)15-8-9-18(19(12)15)24-13(2)20/h3-7,12,18-19H,8-11H2,1-2H3. The van der Waals surface area contributed by atoms with Crippen molar-refractivity contribution in [3.63, 3.8) is 0 Å². The molecule has 6 heteroatoms. The fourth-order valence-electron chi connectivity index (χ4n) is 4.07. The van der Waals surface area contributed by atoms with Crippen LogP contribution in [0.5, 0.6) is 0 Å². The van der Waals surface area contributed by atoms with Gasteiger partial charge in [-0.1, -0.05) is 30.7 Å². The molecule has 1 aromatic rings. The average molecular weight is 362 g/mol. The summed E-state index contributed by atoms with van der Waals surface area (Å²) in [5.74, 6) is -0.711. The third-order valence-corrected chi connectivity index (χ3v) is 6.76. The predicted molar refractivity (Wildman–Crippen MR) is 92.6 cm³/mol. The molecule has 0 bridgehead atoms. The molecule has 0 heterocycles. The fraction of sp³-hybridized carbons (Fsp3) is 0.474. The molecule has 3 atom stereocenters. The minimum absolute atomic E-state index is 0.0532. The summed E-state index contributed by atoms with van der Waals surface area (Å²) in [5.41, 5.74) is 1.27. The molecule has 5 nitrogen and oxygen atoms in total. The van der Waals surface area contributed by atoms with E-state index in [9.17, 15) is 18.0 Å². The molecule has 2 aliphatic carbocycles. The normalized spacial score (nSPS) is 26.5. The molecule has 2 aliphatic rings. The van der Waals surface area contributed by atoms with Crippen LogP contribution in [0.15, 0.2) is 46.4 Å². The first kappa shape index (κ1) is 17.9. The number of carbonyl (C=O) groups is 2. The Labute approximate surface area is 148 Å². The first-order valence-corrected chi connectivity index (χ1v) is 10.1. The number of Topliss-reactive ketones (excluding diaryl/α,β-unsaturated/α-hetero) is 1. The molecule has 0 N–H and O–H groups in total. The summed E-state index contributed by atoms with van der Waals surface area (Å²) in [6, 6.07) is 8.19. The molecule has 3 rings (SSSR count). The average Bonchev–Trinajstić information content (AvgIpc) is 2.95. The number of hydrogen-bond donors (Lipinski definition) is 0. The Balaban J connectivity index is 1.95. The van der Waals surface area contributed by atoms with Crippen molar-refractivity contribution < 1.29 is 22.7 Å². The fourth-order valence-corrected chi connectivity index (χ4v) is 5.54. The molecular formula is C19H22O5S. The van der Waals surface area contributed by atoms with Crippen LogP contribution in [0.1, 0.15) is 33.1 Å². The molecule has 0 aliphatic heterocycles. The minimum Gasteiger partial charge on any atom is -0.462 e. The SMILES string of the molecule is CC(=O)OC1CCC2=C(CS(=O)(=O)c3ccccc3)C(=O)CC(C)C21. The van der Waals surface area contributed by atoms with Crippen molar-refractivity contribution in [3.05, 3.63) is 41.5 Å². The van der Waals surface area contributed by atoms with Crippen molar-refractivity contribution in [2.75, 3.05) is 5.75 Å². The highest BCUT2D eigenvalue weighted by Gasteiger charge is 2.44. The third-order valence-electron chi connectivity index (χ3n) is 5.10. The molecule has 0 radical (unpaired) electrons. The molecule has 1 aromatic carbocycles. The van der Waals surface area contributed by atoms with E-state index in [1.54, 1.807) is 30.3 Å². The summed E-state index contributed by atoms with van der Waals surface area (Å²) >= 11 is 0. The summed E-state index contributed by atoms with van der Waals surface area (Å²) in [6.45, 7) is 3.34. The lowest BCUT2D eigenvalue weighted by Gasteiger charge is -2.31. The summed E-state index contributed by atoms with van der Waals surface area (Å²) in [4.78, 5) is 24.1. The number of ether oxygens (including phenoxy) is 1. The molecule has 0 saturated heterocycles. The van der Waals surface area contributed by atoms with Gasteiger partial charge in [-0.25, -0.2) is 8.42 Å². The monoisotopic (exact) mass is 362 g/mol. The molecular weight excluding hydrogens is 340 g/mol. The van der Waals surface area contributed by atoms with E-state index in [0.717, 1.165) is 5.57 Å². The van der Waals surface area contributed by atoms with Crippen LogP contribution in [0.25, 0.3) is 0 Å². The number of esters is 1. The second kappa shape index (κ2) is 6.75. The van der Waals surface area contributed by atoms with Gasteiger partial charge in [0.15, 0.2) is 15.6 Å². The summed E-state index contributed by atoms with van der Waals surface area (Å²) in [7, 11) is -3.58. The van der Waals surface area contributed by atoms with Crippen molar-refractivity contribution >= 4 is 21.6 Å². The number of benzene rings is 1. The zero-order valence-corrected chi connectivity index (χ0v) is 15.2. The van der Waals surface area contributed by atoms with Crippen LogP contribution >= 0.6 is 0 Å². The zero-order valence-electron chi connectivity index (χ0n) is 14.4. The van der Waals surface area contributed by atoms with Crippen LogP contribution in [0.4, 0.5) is 0 Å². The molecule has 1 saturated carbocycles. The van der Waals surface area contributed by atoms with Gasteiger partial charge in [0, 0.05) is 24.8 Å². The van der Waals surface area contributed by atoms with Gasteiger partial charge in [-0.15, -0.1) is 0 Å². The van der Waals surface area contributed by atoms with Crippen LogP contribution in [0, 0.1) is 11.8 Å². The molecule has 3 unspecified atom stereocenters. The van der Waals surface area contributed by atoms with Crippen molar-refractivity contribution in [1.29, 1.82) is 0 Å². The summed E-state index contributed by atoms with van der Waals surface area (Å²) in [6.07, 6.45) is 1.29. The third kappa shape index (κ3) is 3.54. The lowest BCUT2D eigenvalue weighted by Crippen LogP contribution is -2.34. The van der Waals surface area contributed by atoms with E-state index < -0.39 is 9.84 Å². The van der Waals surface area contributed by atoms with E-state index in [2.05, 4.69) is 0 Å². The molecule has 1 fully saturated rings. The smallest absolute Gasteiger partial charge is 0.302 e. The Hall–Kier alpha value is -1.95. The van der Waals surface area contributed by atoms with Crippen molar-refractivity contribution in [2.45, 2.75) is 44.1 Å². The first-order valence-electron chi connectivity index (χ1n) is 8.49. The van der Waals surface area contributed by atoms with E-state index in [0.29, 0.717) is 24.8 Å². The Morgan fingerprint density at radius 3 is 2.56 bits per heavy atom. The Morgan fingerprint density at radius 2 is 1.92 bits per heavy atom. The maximum atomic E-state index is 12.7. The number of ketones is 1. The Morgan fingerprint density at radius 1 is 1.24 bits per heavy atom. The molecule has 0 spiro atoms. The lowest BCUT2D eigenvalue weighted by atomic mass is 9.76. The van der Waals surface area contributed by atoms with Crippen LogP contribution < -0.4 is 0 Å². The summed E-state index contributed by atoms with van der Waals surface area (Å²) < 4.78 is 30.8. The second-order valence-corrected chi connectivity index (χ2v) is 8.88. The molecule has 0 amide bonds. The molecule has 0 aromatic heterocycles. The number of fused-ring (bicyclic) bond motifs is 1. The quantitative estimate of drug-likeness (QED) is 0.770. The van der Waals surface area contributed by atoms with Crippen LogP contribution in [-0.4, -0.2) is 32.0 Å². The van der Waals surface area contributed by atoms with Crippen LogP contribution in [0.2, 0.25) is 0 Å². The van der Waals surface area contributed by atoms with Gasteiger partial charge in [-0.2, -0.15) is 0 Å². The highest BCUT2D eigenvalue weighted by atomic mass is 32.2. The van der Waals surface area contributed by atoms with E-state index in [-0.39, 0.29) is 40.3 Å².